The predicted molar refractivity (Wildman–Crippen MR) is 59.2 cm³/mol. The molecule has 0 aromatic carbocycles. The van der Waals surface area contributed by atoms with Crippen LogP contribution in [0, 0.1) is 5.92 Å². The second-order valence-corrected chi connectivity index (χ2v) is 4.48. The van der Waals surface area contributed by atoms with Gasteiger partial charge in [-0.1, -0.05) is 0 Å². The Balaban J connectivity index is 2.02. The van der Waals surface area contributed by atoms with E-state index in [9.17, 15) is 23.1 Å². The minimum Gasteiger partial charge on any atom is -0.550 e. The van der Waals surface area contributed by atoms with Crippen LogP contribution in [-0.2, 0) is 11.0 Å². The molecule has 1 aliphatic heterocycles. The number of aromatic nitrogens is 1. The van der Waals surface area contributed by atoms with E-state index in [1.54, 1.807) is 4.90 Å². The monoisotopic (exact) mass is 273 g/mol. The highest BCUT2D eigenvalue weighted by atomic mass is 19.4. The lowest BCUT2D eigenvalue weighted by Crippen LogP contribution is -2.41. The number of pyridine rings is 1. The van der Waals surface area contributed by atoms with Crippen LogP contribution in [0.3, 0.4) is 0 Å². The Kier molecular flexibility index (Phi) is 3.64. The number of aliphatic carboxylic acids is 1. The number of anilines is 1. The van der Waals surface area contributed by atoms with Crippen LogP contribution in [-0.4, -0.2) is 24.0 Å². The molecule has 0 N–H and O–H groups in total. The summed E-state index contributed by atoms with van der Waals surface area (Å²) in [4.78, 5) is 16.2. The van der Waals surface area contributed by atoms with E-state index in [0.717, 1.165) is 12.3 Å². The maximum absolute atomic E-state index is 12.4. The average Bonchev–Trinajstić information content (AvgIpc) is 2.38. The van der Waals surface area contributed by atoms with Crippen molar-refractivity contribution in [2.45, 2.75) is 19.0 Å². The van der Waals surface area contributed by atoms with Gasteiger partial charge in [0.25, 0.3) is 0 Å². The van der Waals surface area contributed by atoms with E-state index in [4.69, 9.17) is 0 Å². The highest BCUT2D eigenvalue weighted by molar-refractivity contribution is 5.68. The van der Waals surface area contributed by atoms with Gasteiger partial charge >= 0.3 is 6.18 Å². The van der Waals surface area contributed by atoms with E-state index in [1.807, 2.05) is 0 Å². The number of carbonyl (C=O) groups excluding carboxylic acids is 1. The van der Waals surface area contributed by atoms with Crippen molar-refractivity contribution in [1.29, 1.82) is 0 Å². The molecule has 0 aliphatic carbocycles. The molecule has 2 heterocycles. The summed E-state index contributed by atoms with van der Waals surface area (Å²) >= 11 is 0. The largest absolute Gasteiger partial charge is 0.550 e. The van der Waals surface area contributed by atoms with Gasteiger partial charge in [-0.2, -0.15) is 13.2 Å². The highest BCUT2D eigenvalue weighted by Crippen LogP contribution is 2.30. The normalized spacial score (nSPS) is 17.5. The lowest BCUT2D eigenvalue weighted by molar-refractivity contribution is -0.312. The standard InChI is InChI=1S/C12H13F3N2O2/c13-12(14,15)9-1-2-10(16-7-9)17-5-3-8(4-6-17)11(18)19/h1-2,7-8H,3-6H2,(H,18,19)/p-1. The molecule has 2 rings (SSSR count). The molecule has 0 unspecified atom stereocenters. The minimum atomic E-state index is -4.40. The van der Waals surface area contributed by atoms with Crippen LogP contribution in [0.1, 0.15) is 18.4 Å². The molecule has 0 radical (unpaired) electrons. The van der Waals surface area contributed by atoms with Crippen LogP contribution >= 0.6 is 0 Å². The molecule has 0 amide bonds. The van der Waals surface area contributed by atoms with E-state index >= 15 is 0 Å². The second kappa shape index (κ2) is 5.07. The number of alkyl halides is 3. The summed E-state index contributed by atoms with van der Waals surface area (Å²) in [5, 5.41) is 10.7. The minimum absolute atomic E-state index is 0.422. The van der Waals surface area contributed by atoms with Crippen molar-refractivity contribution in [3.63, 3.8) is 0 Å². The van der Waals surface area contributed by atoms with Gasteiger partial charge in [0.2, 0.25) is 0 Å². The number of piperidine rings is 1. The molecular weight excluding hydrogens is 261 g/mol. The van der Waals surface area contributed by atoms with Crippen molar-refractivity contribution in [2.75, 3.05) is 18.0 Å². The van der Waals surface area contributed by atoms with Crippen molar-refractivity contribution in [3.8, 4) is 0 Å². The van der Waals surface area contributed by atoms with Gasteiger partial charge in [0.1, 0.15) is 5.82 Å². The van der Waals surface area contributed by atoms with Crippen molar-refractivity contribution in [3.05, 3.63) is 23.9 Å². The van der Waals surface area contributed by atoms with E-state index in [-0.39, 0.29) is 0 Å². The maximum atomic E-state index is 12.4. The Hall–Kier alpha value is -1.79. The topological polar surface area (TPSA) is 56.3 Å². The number of nitrogens with zero attached hydrogens (tertiary/aromatic N) is 2. The lowest BCUT2D eigenvalue weighted by atomic mass is 9.97. The first-order valence-corrected chi connectivity index (χ1v) is 5.87. The molecule has 0 spiro atoms. The number of carbonyl (C=O) groups is 1. The van der Waals surface area contributed by atoms with Gasteiger partial charge in [-0.25, -0.2) is 4.98 Å². The van der Waals surface area contributed by atoms with Crippen LogP contribution < -0.4 is 10.0 Å². The lowest BCUT2D eigenvalue weighted by Gasteiger charge is -2.33. The van der Waals surface area contributed by atoms with Crippen LogP contribution in [0.25, 0.3) is 0 Å². The molecule has 1 saturated heterocycles. The Morgan fingerprint density at radius 3 is 2.37 bits per heavy atom. The zero-order chi connectivity index (χ0) is 14.0. The van der Waals surface area contributed by atoms with Crippen LogP contribution in [0.4, 0.5) is 19.0 Å². The summed E-state index contributed by atoms with van der Waals surface area (Å²) < 4.78 is 37.1. The van der Waals surface area contributed by atoms with E-state index in [1.165, 1.54) is 6.07 Å². The zero-order valence-electron chi connectivity index (χ0n) is 9.98. The molecule has 4 nitrogen and oxygen atoms in total. The van der Waals surface area contributed by atoms with Crippen molar-refractivity contribution in [1.82, 2.24) is 4.98 Å². The van der Waals surface area contributed by atoms with Gasteiger partial charge in [0.15, 0.2) is 0 Å². The van der Waals surface area contributed by atoms with Crippen molar-refractivity contribution >= 4 is 11.8 Å². The van der Waals surface area contributed by atoms with E-state index in [2.05, 4.69) is 4.98 Å². The molecule has 7 heteroatoms. The van der Waals surface area contributed by atoms with Crippen LogP contribution in [0.2, 0.25) is 0 Å². The van der Waals surface area contributed by atoms with E-state index in [0.29, 0.717) is 31.7 Å². The molecule has 1 fully saturated rings. The Bertz CT molecular complexity index is 451. The quantitative estimate of drug-likeness (QED) is 0.808. The second-order valence-electron chi connectivity index (χ2n) is 4.48. The number of rotatable bonds is 2. The number of carboxylic acids is 1. The smallest absolute Gasteiger partial charge is 0.417 e. The fraction of sp³-hybridized carbons (Fsp3) is 0.500. The molecule has 0 saturated carbocycles. The summed E-state index contributed by atoms with van der Waals surface area (Å²) in [6.45, 7) is 0.911. The fourth-order valence-electron chi connectivity index (χ4n) is 2.09. The number of hydrogen-bond acceptors (Lipinski definition) is 4. The third-order valence-corrected chi connectivity index (χ3v) is 3.23. The summed E-state index contributed by atoms with van der Waals surface area (Å²) in [7, 11) is 0. The summed E-state index contributed by atoms with van der Waals surface area (Å²) in [6, 6.07) is 2.29. The molecule has 1 aromatic rings. The number of halogens is 3. The van der Waals surface area contributed by atoms with Gasteiger partial charge in [-0.3, -0.25) is 0 Å². The highest BCUT2D eigenvalue weighted by Gasteiger charge is 2.31. The molecule has 19 heavy (non-hydrogen) atoms. The Morgan fingerprint density at radius 2 is 1.95 bits per heavy atom. The summed E-state index contributed by atoms with van der Waals surface area (Å²) in [6.07, 6.45) is -2.76. The average molecular weight is 273 g/mol. The molecule has 104 valence electrons. The van der Waals surface area contributed by atoms with Crippen LogP contribution in [0.15, 0.2) is 18.3 Å². The zero-order valence-corrected chi connectivity index (χ0v) is 9.98. The molecular formula is C12H12F3N2O2-. The van der Waals surface area contributed by atoms with Gasteiger partial charge < -0.3 is 14.8 Å². The maximum Gasteiger partial charge on any atom is 0.417 e. The molecule has 1 aliphatic rings. The van der Waals surface area contributed by atoms with E-state index < -0.39 is 23.6 Å². The first kappa shape index (κ1) is 13.6. The van der Waals surface area contributed by atoms with Gasteiger partial charge in [0.05, 0.1) is 5.56 Å². The Morgan fingerprint density at radius 1 is 1.32 bits per heavy atom. The molecule has 1 aromatic heterocycles. The first-order chi connectivity index (χ1) is 8.88. The number of carboxylic acid groups (broad SMARTS) is 1. The SMILES string of the molecule is O=C([O-])C1CCN(c2ccc(C(F)(F)F)cn2)CC1. The van der Waals surface area contributed by atoms with Gasteiger partial charge in [-0.05, 0) is 25.0 Å². The van der Waals surface area contributed by atoms with Gasteiger partial charge in [-0.15, -0.1) is 0 Å². The third kappa shape index (κ3) is 3.15. The first-order valence-electron chi connectivity index (χ1n) is 5.87. The predicted octanol–water partition coefficient (Wildman–Crippen LogP) is 1.07. The van der Waals surface area contributed by atoms with Crippen molar-refractivity contribution in [2.24, 2.45) is 5.92 Å². The molecule has 0 atom stereocenters. The third-order valence-electron chi connectivity index (χ3n) is 3.23. The van der Waals surface area contributed by atoms with Crippen molar-refractivity contribution < 1.29 is 23.1 Å². The van der Waals surface area contributed by atoms with Crippen LogP contribution in [0.5, 0.6) is 0 Å². The molecule has 0 bridgehead atoms. The van der Waals surface area contributed by atoms with Gasteiger partial charge in [0, 0.05) is 31.2 Å². The fourth-order valence-corrected chi connectivity index (χ4v) is 2.09. The number of hydrogen-bond donors (Lipinski definition) is 0. The summed E-state index contributed by atoms with van der Waals surface area (Å²) in [5.74, 6) is -1.12. The Labute approximate surface area is 107 Å². The summed E-state index contributed by atoms with van der Waals surface area (Å²) in [5.41, 5.74) is -0.791.